The number of benzene rings is 1. The zero-order valence-electron chi connectivity index (χ0n) is 11.8. The molecule has 2 aromatic rings. The van der Waals surface area contributed by atoms with E-state index in [0.717, 1.165) is 30.9 Å². The number of rotatable bonds is 4. The third-order valence-electron chi connectivity index (χ3n) is 3.63. The van der Waals surface area contributed by atoms with Crippen molar-refractivity contribution in [3.05, 3.63) is 35.7 Å². The summed E-state index contributed by atoms with van der Waals surface area (Å²) in [5, 5.41) is 14.0. The largest absolute Gasteiger partial charge is 0.381 e. The Hall–Kier alpha value is -2.28. The predicted octanol–water partition coefficient (Wildman–Crippen LogP) is 0.737. The lowest BCUT2D eigenvalue weighted by atomic mass is 10.1. The molecule has 1 fully saturated rings. The van der Waals surface area contributed by atoms with Gasteiger partial charge in [-0.05, 0) is 47.5 Å². The summed E-state index contributed by atoms with van der Waals surface area (Å²) in [4.78, 5) is 12.2. The molecule has 0 aliphatic carbocycles. The monoisotopic (exact) mass is 287 g/mol. The van der Waals surface area contributed by atoms with Gasteiger partial charge in [0, 0.05) is 24.6 Å². The van der Waals surface area contributed by atoms with Crippen molar-refractivity contribution in [1.29, 1.82) is 0 Å². The van der Waals surface area contributed by atoms with Crippen molar-refractivity contribution in [2.45, 2.75) is 13.3 Å². The van der Waals surface area contributed by atoms with Gasteiger partial charge in [-0.25, -0.2) is 4.68 Å². The van der Waals surface area contributed by atoms with E-state index >= 15 is 0 Å². The topological polar surface area (TPSA) is 81.9 Å². The summed E-state index contributed by atoms with van der Waals surface area (Å²) in [6, 6.07) is 5.47. The first-order valence-corrected chi connectivity index (χ1v) is 6.94. The Morgan fingerprint density at radius 2 is 2.43 bits per heavy atom. The average molecular weight is 287 g/mol. The molecule has 0 spiro atoms. The van der Waals surface area contributed by atoms with Crippen molar-refractivity contribution in [3.8, 4) is 5.69 Å². The van der Waals surface area contributed by atoms with Gasteiger partial charge >= 0.3 is 0 Å². The molecule has 1 aliphatic rings. The lowest BCUT2D eigenvalue weighted by Gasteiger charge is -2.11. The van der Waals surface area contributed by atoms with Gasteiger partial charge in [0.05, 0.1) is 12.3 Å². The van der Waals surface area contributed by atoms with E-state index < -0.39 is 0 Å². The Balaban J connectivity index is 1.68. The third kappa shape index (κ3) is 3.08. The number of hydrogen-bond acceptors (Lipinski definition) is 5. The van der Waals surface area contributed by atoms with E-state index in [9.17, 15) is 4.79 Å². The van der Waals surface area contributed by atoms with Crippen LogP contribution >= 0.6 is 0 Å². The minimum absolute atomic E-state index is 0.0618. The average Bonchev–Trinajstić information content (AvgIpc) is 3.17. The SMILES string of the molecule is Cc1cc(C(=O)NCC2CCOC2)ccc1-n1cnnn1. The van der Waals surface area contributed by atoms with Crippen LogP contribution in [0.3, 0.4) is 0 Å². The second-order valence-corrected chi connectivity index (χ2v) is 5.20. The van der Waals surface area contributed by atoms with Crippen molar-refractivity contribution < 1.29 is 9.53 Å². The normalized spacial score (nSPS) is 17.9. The molecule has 0 saturated carbocycles. The minimum Gasteiger partial charge on any atom is -0.381 e. The van der Waals surface area contributed by atoms with Crippen molar-refractivity contribution in [3.63, 3.8) is 0 Å². The maximum Gasteiger partial charge on any atom is 0.251 e. The molecule has 1 aromatic carbocycles. The molecule has 0 bridgehead atoms. The molecule has 7 nitrogen and oxygen atoms in total. The summed E-state index contributed by atoms with van der Waals surface area (Å²) < 4.78 is 6.87. The first kappa shape index (κ1) is 13.7. The molecule has 110 valence electrons. The van der Waals surface area contributed by atoms with E-state index in [4.69, 9.17) is 4.74 Å². The van der Waals surface area contributed by atoms with E-state index in [1.165, 1.54) is 6.33 Å². The number of carbonyl (C=O) groups is 1. The fourth-order valence-corrected chi connectivity index (χ4v) is 2.41. The second-order valence-electron chi connectivity index (χ2n) is 5.20. The molecule has 1 N–H and O–H groups in total. The molecule has 1 aliphatic heterocycles. The molecule has 1 saturated heterocycles. The molecule has 21 heavy (non-hydrogen) atoms. The zero-order valence-corrected chi connectivity index (χ0v) is 11.8. The molecule has 1 aromatic heterocycles. The van der Waals surface area contributed by atoms with Crippen LogP contribution in [0.25, 0.3) is 5.69 Å². The highest BCUT2D eigenvalue weighted by Gasteiger charge is 2.17. The van der Waals surface area contributed by atoms with E-state index in [1.54, 1.807) is 10.7 Å². The van der Waals surface area contributed by atoms with Gasteiger partial charge in [-0.3, -0.25) is 4.79 Å². The molecule has 7 heteroatoms. The molecule has 2 heterocycles. The Morgan fingerprint density at radius 3 is 3.10 bits per heavy atom. The fourth-order valence-electron chi connectivity index (χ4n) is 2.41. The summed E-state index contributed by atoms with van der Waals surface area (Å²) in [6.07, 6.45) is 2.54. The van der Waals surface area contributed by atoms with Gasteiger partial charge < -0.3 is 10.1 Å². The number of amides is 1. The van der Waals surface area contributed by atoms with Crippen LogP contribution in [0, 0.1) is 12.8 Å². The number of tetrazole rings is 1. The highest BCUT2D eigenvalue weighted by atomic mass is 16.5. The minimum atomic E-state index is -0.0618. The van der Waals surface area contributed by atoms with Gasteiger partial charge in [-0.15, -0.1) is 5.10 Å². The highest BCUT2D eigenvalue weighted by Crippen LogP contribution is 2.15. The summed E-state index contributed by atoms with van der Waals surface area (Å²) in [5.41, 5.74) is 2.45. The van der Waals surface area contributed by atoms with Crippen LogP contribution in [-0.4, -0.2) is 45.9 Å². The summed E-state index contributed by atoms with van der Waals surface area (Å²) in [6.45, 7) is 4.11. The molecular weight excluding hydrogens is 270 g/mol. The van der Waals surface area contributed by atoms with E-state index in [2.05, 4.69) is 20.8 Å². The molecule has 1 amide bonds. The Labute approximate surface area is 122 Å². The maximum atomic E-state index is 12.2. The zero-order chi connectivity index (χ0) is 14.7. The highest BCUT2D eigenvalue weighted by molar-refractivity contribution is 5.94. The Morgan fingerprint density at radius 1 is 1.52 bits per heavy atom. The van der Waals surface area contributed by atoms with E-state index in [1.807, 2.05) is 19.1 Å². The summed E-state index contributed by atoms with van der Waals surface area (Å²) in [5.74, 6) is 0.365. The summed E-state index contributed by atoms with van der Waals surface area (Å²) >= 11 is 0. The van der Waals surface area contributed by atoms with Crippen LogP contribution in [0.2, 0.25) is 0 Å². The fraction of sp³-hybridized carbons (Fsp3) is 0.429. The number of nitrogens with one attached hydrogen (secondary N) is 1. The van der Waals surface area contributed by atoms with Crippen molar-refractivity contribution in [2.24, 2.45) is 5.92 Å². The van der Waals surface area contributed by atoms with Gasteiger partial charge in [0.25, 0.3) is 5.91 Å². The van der Waals surface area contributed by atoms with Crippen molar-refractivity contribution in [1.82, 2.24) is 25.5 Å². The lowest BCUT2D eigenvalue weighted by molar-refractivity contribution is 0.0945. The third-order valence-corrected chi connectivity index (χ3v) is 3.63. The van der Waals surface area contributed by atoms with Gasteiger partial charge in [0.2, 0.25) is 0 Å². The van der Waals surface area contributed by atoms with Crippen LogP contribution in [0.5, 0.6) is 0 Å². The van der Waals surface area contributed by atoms with Crippen LogP contribution in [0.15, 0.2) is 24.5 Å². The van der Waals surface area contributed by atoms with Crippen LogP contribution in [-0.2, 0) is 4.74 Å². The first-order chi connectivity index (χ1) is 10.2. The number of hydrogen-bond donors (Lipinski definition) is 1. The van der Waals surface area contributed by atoms with E-state index in [-0.39, 0.29) is 5.91 Å². The number of ether oxygens (including phenoxy) is 1. The molecular formula is C14H17N5O2. The first-order valence-electron chi connectivity index (χ1n) is 6.94. The smallest absolute Gasteiger partial charge is 0.251 e. The number of carbonyl (C=O) groups excluding carboxylic acids is 1. The van der Waals surface area contributed by atoms with Crippen LogP contribution < -0.4 is 5.32 Å². The van der Waals surface area contributed by atoms with Gasteiger partial charge in [-0.2, -0.15) is 0 Å². The number of nitrogens with zero attached hydrogens (tertiary/aromatic N) is 4. The number of aryl methyl sites for hydroxylation is 1. The van der Waals surface area contributed by atoms with Crippen LogP contribution in [0.1, 0.15) is 22.3 Å². The van der Waals surface area contributed by atoms with Crippen LogP contribution in [0.4, 0.5) is 0 Å². The van der Waals surface area contributed by atoms with Gasteiger partial charge in [0.1, 0.15) is 6.33 Å². The molecule has 3 rings (SSSR count). The van der Waals surface area contributed by atoms with Gasteiger partial charge in [-0.1, -0.05) is 0 Å². The Bertz CT molecular complexity index is 620. The van der Waals surface area contributed by atoms with Crippen molar-refractivity contribution in [2.75, 3.05) is 19.8 Å². The quantitative estimate of drug-likeness (QED) is 0.896. The second kappa shape index (κ2) is 6.01. The molecule has 1 atom stereocenters. The standard InChI is InChI=1S/C14H17N5O2/c1-10-6-12(2-3-13(10)19-9-16-17-18-19)14(20)15-7-11-4-5-21-8-11/h2-3,6,9,11H,4-5,7-8H2,1H3,(H,15,20). The predicted molar refractivity (Wildman–Crippen MR) is 75.2 cm³/mol. The summed E-state index contributed by atoms with van der Waals surface area (Å²) in [7, 11) is 0. The van der Waals surface area contributed by atoms with Gasteiger partial charge in [0.15, 0.2) is 0 Å². The van der Waals surface area contributed by atoms with Crippen molar-refractivity contribution >= 4 is 5.91 Å². The number of aromatic nitrogens is 4. The van der Waals surface area contributed by atoms with E-state index in [0.29, 0.717) is 18.0 Å². The maximum absolute atomic E-state index is 12.2. The molecule has 1 unspecified atom stereocenters. The Kier molecular flexibility index (Phi) is 3.92. The lowest BCUT2D eigenvalue weighted by Crippen LogP contribution is -2.29. The molecule has 0 radical (unpaired) electrons.